The highest BCUT2D eigenvalue weighted by Gasteiger charge is 2.56. The highest BCUT2D eigenvalue weighted by Crippen LogP contribution is 2.41. The van der Waals surface area contributed by atoms with Crippen LogP contribution in [0.1, 0.15) is 94.0 Å². The molecule has 3 saturated heterocycles. The van der Waals surface area contributed by atoms with E-state index in [0.717, 1.165) is 0 Å². The number of carbonyl (C=O) groups excluding carboxylic acids is 9. The molecule has 3 heterocycles. The summed E-state index contributed by atoms with van der Waals surface area (Å²) in [6, 6.07) is 73.6. The van der Waals surface area contributed by atoms with Gasteiger partial charge < -0.3 is 71.1 Å². The minimum atomic E-state index is -1.75. The topological polar surface area (TPSA) is 292 Å². The molecule has 3 aliphatic rings. The van der Waals surface area contributed by atoms with Crippen molar-refractivity contribution in [1.82, 2.24) is 0 Å². The van der Waals surface area contributed by atoms with Crippen LogP contribution in [0.3, 0.4) is 0 Å². The van der Waals surface area contributed by atoms with Gasteiger partial charge in [-0.2, -0.15) is 0 Å². The SMILES string of the molecule is COc1cc(C[C@H]2COC(=O)[C@@H]2Cc2ccc(O[C@@H]3O[C@H](COC(=O)c4ccccc4)[C@@H](OC(=O)c4ccccc4)[C@H](OC(=O)c4ccccc4)[C@H]3OC(=O)c3ccccc3)c(OC)c2)ccc1O[C@@H]1O[C@H](COC(=O)c2ccccc2)[C@@H](OC(=O)c2ccccc2)[C@H](OC(=O)c2ccccc2)[C@H]1OC(=O)c1ccccc1. The monoisotopic (exact) mass is 1510 g/mol. The Morgan fingerprint density at radius 3 is 0.875 bits per heavy atom. The second kappa shape index (κ2) is 36.6. The maximum absolute atomic E-state index is 14.4. The van der Waals surface area contributed by atoms with Crippen LogP contribution in [0.5, 0.6) is 23.0 Å². The van der Waals surface area contributed by atoms with Gasteiger partial charge >= 0.3 is 53.7 Å². The molecule has 13 rings (SSSR count). The maximum atomic E-state index is 14.4. The van der Waals surface area contributed by atoms with E-state index in [4.69, 9.17) is 71.1 Å². The predicted molar refractivity (Wildman–Crippen MR) is 397 cm³/mol. The summed E-state index contributed by atoms with van der Waals surface area (Å²) in [5.41, 5.74) is 2.14. The van der Waals surface area contributed by atoms with Gasteiger partial charge in [-0.25, -0.2) is 38.4 Å². The van der Waals surface area contributed by atoms with Gasteiger partial charge in [-0.3, -0.25) is 4.79 Å². The molecule has 3 aliphatic heterocycles. The van der Waals surface area contributed by atoms with Crippen molar-refractivity contribution in [3.8, 4) is 23.0 Å². The molecule has 0 amide bonds. The summed E-state index contributed by atoms with van der Waals surface area (Å²) in [6.45, 7) is -1.21. The first-order valence-electron chi connectivity index (χ1n) is 35.8. The number of ether oxygens (including phenoxy) is 15. The second-order valence-corrected chi connectivity index (χ2v) is 26.0. The lowest BCUT2D eigenvalue weighted by molar-refractivity contribution is -0.275. The van der Waals surface area contributed by atoms with Gasteiger partial charge in [0, 0.05) is 5.92 Å². The number of carbonyl (C=O) groups is 9. The van der Waals surface area contributed by atoms with E-state index in [-0.39, 0.29) is 87.0 Å². The number of benzene rings is 10. The predicted octanol–water partition coefficient (Wildman–Crippen LogP) is 12.6. The number of hydrogen-bond donors (Lipinski definition) is 0. The molecule has 10 aromatic carbocycles. The van der Waals surface area contributed by atoms with Gasteiger partial charge in [-0.15, -0.1) is 0 Å². The van der Waals surface area contributed by atoms with Crippen LogP contribution in [-0.4, -0.2) is 149 Å². The first kappa shape index (κ1) is 76.7. The Balaban J connectivity index is 0.784. The molecular weight excluding hydrogens is 1440 g/mol. The Morgan fingerprint density at radius 2 is 0.580 bits per heavy atom. The van der Waals surface area contributed by atoms with Crippen molar-refractivity contribution < 1.29 is 114 Å². The Hall–Kier alpha value is -13.5. The molecule has 0 saturated carbocycles. The second-order valence-electron chi connectivity index (χ2n) is 26.0. The average Bonchev–Trinajstić information content (AvgIpc) is 1.04. The van der Waals surface area contributed by atoms with E-state index in [1.807, 2.05) is 0 Å². The van der Waals surface area contributed by atoms with Gasteiger partial charge in [0.15, 0.2) is 47.4 Å². The normalized spacial score (nSPS) is 21.0. The van der Waals surface area contributed by atoms with Crippen molar-refractivity contribution in [3.05, 3.63) is 335 Å². The smallest absolute Gasteiger partial charge is 0.338 e. The molecule has 0 N–H and O–H groups in total. The Labute approximate surface area is 642 Å². The van der Waals surface area contributed by atoms with Crippen LogP contribution >= 0.6 is 0 Å². The molecule has 3 fully saturated rings. The van der Waals surface area contributed by atoms with Gasteiger partial charge in [-0.05, 0) is 145 Å². The third-order valence-corrected chi connectivity index (χ3v) is 18.7. The molecule has 0 unspecified atom stereocenters. The fraction of sp³-hybridized carbons (Fsp3) is 0.216. The molecule has 0 aliphatic carbocycles. The van der Waals surface area contributed by atoms with Gasteiger partial charge in [-0.1, -0.05) is 158 Å². The maximum Gasteiger partial charge on any atom is 0.338 e. The molecule has 12 atom stereocenters. The average molecular weight is 1520 g/mol. The summed E-state index contributed by atoms with van der Waals surface area (Å²) < 4.78 is 93.6. The van der Waals surface area contributed by atoms with Crippen LogP contribution in [0.25, 0.3) is 0 Å². The van der Waals surface area contributed by atoms with Crippen LogP contribution < -0.4 is 18.9 Å². The summed E-state index contributed by atoms with van der Waals surface area (Å²) >= 11 is 0. The number of methoxy groups -OCH3 is 2. The first-order chi connectivity index (χ1) is 54.6. The van der Waals surface area contributed by atoms with E-state index < -0.39 is 140 Å². The molecule has 0 spiro atoms. The van der Waals surface area contributed by atoms with Crippen molar-refractivity contribution in [1.29, 1.82) is 0 Å². The van der Waals surface area contributed by atoms with Crippen molar-refractivity contribution in [2.24, 2.45) is 11.8 Å². The Morgan fingerprint density at radius 1 is 0.312 bits per heavy atom. The summed E-state index contributed by atoms with van der Waals surface area (Å²) in [6.07, 6.45) is -16.4. The van der Waals surface area contributed by atoms with Gasteiger partial charge in [0.05, 0.1) is 71.3 Å². The largest absolute Gasteiger partial charge is 0.493 e. The van der Waals surface area contributed by atoms with Crippen LogP contribution in [0.15, 0.2) is 279 Å². The van der Waals surface area contributed by atoms with E-state index in [1.165, 1.54) is 99.1 Å². The molecule has 10 aromatic rings. The summed E-state index contributed by atoms with van der Waals surface area (Å²) in [5, 5.41) is 0. The fourth-order valence-corrected chi connectivity index (χ4v) is 13.0. The van der Waals surface area contributed by atoms with Crippen LogP contribution in [0, 0.1) is 11.8 Å². The number of rotatable bonds is 28. The van der Waals surface area contributed by atoms with E-state index in [9.17, 15) is 43.2 Å². The van der Waals surface area contributed by atoms with Crippen molar-refractivity contribution in [2.45, 2.75) is 74.3 Å². The summed E-state index contributed by atoms with van der Waals surface area (Å²) in [4.78, 5) is 127. The van der Waals surface area contributed by atoms with Gasteiger partial charge in [0.2, 0.25) is 24.8 Å². The van der Waals surface area contributed by atoms with Crippen molar-refractivity contribution in [2.75, 3.05) is 34.0 Å². The van der Waals surface area contributed by atoms with Crippen LogP contribution in [0.2, 0.25) is 0 Å². The highest BCUT2D eigenvalue weighted by atomic mass is 16.8. The van der Waals surface area contributed by atoms with Gasteiger partial charge in [0.1, 0.15) is 25.4 Å². The van der Waals surface area contributed by atoms with Crippen molar-refractivity contribution in [3.63, 3.8) is 0 Å². The molecule has 0 bridgehead atoms. The molecular formula is C88H74O24. The third-order valence-electron chi connectivity index (χ3n) is 18.7. The molecule has 112 heavy (non-hydrogen) atoms. The zero-order chi connectivity index (χ0) is 77.9. The fourth-order valence-electron chi connectivity index (χ4n) is 13.0. The lowest BCUT2D eigenvalue weighted by atomic mass is 9.85. The zero-order valence-electron chi connectivity index (χ0n) is 60.3. The third kappa shape index (κ3) is 19.0. The lowest BCUT2D eigenvalue weighted by Gasteiger charge is -2.44. The molecule has 0 aromatic heterocycles. The first-order valence-corrected chi connectivity index (χ1v) is 35.8. The Kier molecular flexibility index (Phi) is 25.1. The van der Waals surface area contributed by atoms with Crippen LogP contribution in [0.4, 0.5) is 0 Å². The number of hydrogen-bond acceptors (Lipinski definition) is 24. The molecule has 0 radical (unpaired) electrons. The molecule has 570 valence electrons. The quantitative estimate of drug-likeness (QED) is 0.0325. The summed E-state index contributed by atoms with van der Waals surface area (Å²) in [7, 11) is 2.77. The van der Waals surface area contributed by atoms with Gasteiger partial charge in [0.25, 0.3) is 0 Å². The highest BCUT2D eigenvalue weighted by molar-refractivity contribution is 5.94. The lowest BCUT2D eigenvalue weighted by Crippen LogP contribution is -2.63. The van der Waals surface area contributed by atoms with E-state index in [2.05, 4.69) is 0 Å². The standard InChI is InChI=1S/C88H74O24/c1-98-68-49-54(43-45-66(68)103-87-76(111-84(95)62-39-23-9-24-40-62)74(109-82(93)60-35-19-7-20-36-60)72(107-80(91)58-31-15-5-16-32-58)70(105-87)52-101-78(89)56-27-11-3-12-28-56)47-64-51-100-86(97)65(64)48-55-44-46-67(69(50-55)99-2)104-88-77(112-85(96)63-41-25-10-26-42-63)75(110-83(94)61-37-21-8-22-38-61)73(108-81(92)59-33-17-6-18-34-59)71(106-88)53-102-79(90)57-29-13-4-14-30-57/h3-46,49-50,64-65,70-77,87-88H,47-48,51-53H2,1-2H3/t64-,65+,70+,71+,72+,73+,74-,75-,76+,77+,87+,88+/m0/s1. The number of esters is 9. The van der Waals surface area contributed by atoms with Crippen molar-refractivity contribution >= 4 is 53.7 Å². The van der Waals surface area contributed by atoms with E-state index >= 15 is 0 Å². The van der Waals surface area contributed by atoms with Crippen LogP contribution in [-0.2, 0) is 69.7 Å². The summed E-state index contributed by atoms with van der Waals surface area (Å²) in [5.74, 6) is -8.40. The molecule has 24 nitrogen and oxygen atoms in total. The van der Waals surface area contributed by atoms with E-state index in [1.54, 1.807) is 194 Å². The minimum absolute atomic E-state index is 0.00112. The minimum Gasteiger partial charge on any atom is -0.493 e. The van der Waals surface area contributed by atoms with E-state index in [0.29, 0.717) is 11.1 Å². The zero-order valence-corrected chi connectivity index (χ0v) is 60.3. The Bertz CT molecular complexity index is 4900. The number of cyclic esters (lactones) is 1. The molecule has 24 heteroatoms.